The number of nitrogens with one attached hydrogen (secondary N) is 1. The van der Waals surface area contributed by atoms with Gasteiger partial charge >= 0.3 is 0 Å². The molecule has 0 radical (unpaired) electrons. The van der Waals surface area contributed by atoms with Crippen molar-refractivity contribution in [2.75, 3.05) is 12.4 Å². The second-order valence-corrected chi connectivity index (χ2v) is 7.87. The molecule has 8 heteroatoms. The minimum Gasteiger partial charge on any atom is -0.496 e. The number of nitrogens with two attached hydrogens (primary N) is 1. The Kier molecular flexibility index (Phi) is 6.40. The lowest BCUT2D eigenvalue weighted by Gasteiger charge is -2.12. The summed E-state index contributed by atoms with van der Waals surface area (Å²) in [5.41, 5.74) is 8.36. The van der Waals surface area contributed by atoms with Crippen molar-refractivity contribution in [1.82, 2.24) is 9.78 Å². The second kappa shape index (κ2) is 9.58. The standard InChI is InChI=1S/C26H24N4O4/c1-16-7-9-17(10-8-16)24-19-5-3-4-6-20(19)26(33)30(29-24)14-13-23(31)28-18-11-12-22(34-2)21(15-18)25(27)32/h3-12,15H,13-14H2,1-2H3,(H2,27,32)(H,28,31). The number of benzene rings is 3. The predicted molar refractivity (Wildman–Crippen MR) is 131 cm³/mol. The zero-order valence-corrected chi connectivity index (χ0v) is 18.9. The number of anilines is 1. The van der Waals surface area contributed by atoms with Gasteiger partial charge in [0.2, 0.25) is 5.91 Å². The number of amides is 2. The number of fused-ring (bicyclic) bond motifs is 1. The van der Waals surface area contributed by atoms with Crippen LogP contribution in [-0.4, -0.2) is 28.7 Å². The first-order valence-electron chi connectivity index (χ1n) is 10.7. The van der Waals surface area contributed by atoms with Gasteiger partial charge in [0, 0.05) is 23.1 Å². The van der Waals surface area contributed by atoms with Gasteiger partial charge in [-0.15, -0.1) is 0 Å². The number of carbonyl (C=O) groups is 2. The molecule has 3 N–H and O–H groups in total. The van der Waals surface area contributed by atoms with Crippen LogP contribution < -0.4 is 21.3 Å². The summed E-state index contributed by atoms with van der Waals surface area (Å²) in [7, 11) is 1.43. The Labute approximate surface area is 196 Å². The molecule has 4 aromatic rings. The topological polar surface area (TPSA) is 116 Å². The molecule has 1 aromatic heterocycles. The SMILES string of the molecule is COc1ccc(NC(=O)CCn2nc(-c3ccc(C)cc3)c3ccccc3c2=O)cc1C(N)=O. The number of nitrogens with zero attached hydrogens (tertiary/aromatic N) is 2. The fourth-order valence-electron chi connectivity index (χ4n) is 3.72. The average Bonchev–Trinajstić information content (AvgIpc) is 2.84. The first-order valence-corrected chi connectivity index (χ1v) is 10.7. The molecule has 34 heavy (non-hydrogen) atoms. The van der Waals surface area contributed by atoms with Gasteiger partial charge in [0.1, 0.15) is 5.75 Å². The summed E-state index contributed by atoms with van der Waals surface area (Å²) in [6.07, 6.45) is 0.0104. The van der Waals surface area contributed by atoms with Crippen LogP contribution in [0.1, 0.15) is 22.3 Å². The second-order valence-electron chi connectivity index (χ2n) is 7.87. The molecule has 0 aliphatic rings. The van der Waals surface area contributed by atoms with E-state index in [1.165, 1.54) is 17.9 Å². The summed E-state index contributed by atoms with van der Waals surface area (Å²) in [5, 5.41) is 8.60. The molecule has 2 amide bonds. The van der Waals surface area contributed by atoms with E-state index < -0.39 is 5.91 Å². The Hall–Kier alpha value is -4.46. The highest BCUT2D eigenvalue weighted by molar-refractivity contribution is 5.98. The molecule has 0 bridgehead atoms. The largest absolute Gasteiger partial charge is 0.496 e. The number of carbonyl (C=O) groups excluding carboxylic acids is 2. The Morgan fingerprint density at radius 3 is 2.41 bits per heavy atom. The highest BCUT2D eigenvalue weighted by Gasteiger charge is 2.14. The molecular formula is C26H24N4O4. The summed E-state index contributed by atoms with van der Waals surface area (Å²) in [6.45, 7) is 2.09. The Bertz CT molecular complexity index is 1440. The van der Waals surface area contributed by atoms with Crippen LogP contribution in [-0.2, 0) is 11.3 Å². The van der Waals surface area contributed by atoms with E-state index in [0.29, 0.717) is 22.5 Å². The molecule has 0 aliphatic carbocycles. The van der Waals surface area contributed by atoms with E-state index in [9.17, 15) is 14.4 Å². The van der Waals surface area contributed by atoms with Gasteiger partial charge in [0.15, 0.2) is 0 Å². The Morgan fingerprint density at radius 2 is 1.74 bits per heavy atom. The Morgan fingerprint density at radius 1 is 1.03 bits per heavy atom. The summed E-state index contributed by atoms with van der Waals surface area (Å²) in [5.74, 6) is -0.677. The van der Waals surface area contributed by atoms with Gasteiger partial charge in [-0.3, -0.25) is 14.4 Å². The minimum atomic E-state index is -0.663. The first kappa shape index (κ1) is 22.7. The van der Waals surface area contributed by atoms with Crippen molar-refractivity contribution in [3.63, 3.8) is 0 Å². The van der Waals surface area contributed by atoms with Crippen molar-refractivity contribution in [3.8, 4) is 17.0 Å². The number of rotatable bonds is 7. The lowest BCUT2D eigenvalue weighted by atomic mass is 10.0. The highest BCUT2D eigenvalue weighted by Crippen LogP contribution is 2.25. The number of methoxy groups -OCH3 is 1. The van der Waals surface area contributed by atoms with Gasteiger partial charge in [0.05, 0.1) is 30.3 Å². The molecule has 172 valence electrons. The van der Waals surface area contributed by atoms with Crippen LogP contribution in [0.15, 0.2) is 71.5 Å². The van der Waals surface area contributed by atoms with Gasteiger partial charge in [0.25, 0.3) is 11.5 Å². The third kappa shape index (κ3) is 4.66. The maximum absolute atomic E-state index is 13.0. The summed E-state index contributed by atoms with van der Waals surface area (Å²) in [4.78, 5) is 37.2. The minimum absolute atomic E-state index is 0.0104. The quantitative estimate of drug-likeness (QED) is 0.441. The average molecular weight is 457 g/mol. The predicted octanol–water partition coefficient (Wildman–Crippen LogP) is 3.51. The molecular weight excluding hydrogens is 432 g/mol. The number of aromatic nitrogens is 2. The van der Waals surface area contributed by atoms with Crippen molar-refractivity contribution in [3.05, 3.63) is 88.2 Å². The summed E-state index contributed by atoms with van der Waals surface area (Å²) < 4.78 is 6.43. The fraction of sp³-hybridized carbons (Fsp3) is 0.154. The van der Waals surface area contributed by atoms with Crippen molar-refractivity contribution >= 4 is 28.3 Å². The van der Waals surface area contributed by atoms with Crippen LogP contribution in [0.5, 0.6) is 5.75 Å². The van der Waals surface area contributed by atoms with Gasteiger partial charge in [-0.05, 0) is 31.2 Å². The van der Waals surface area contributed by atoms with Gasteiger partial charge in [-0.1, -0.05) is 48.0 Å². The maximum atomic E-state index is 13.0. The number of hydrogen-bond donors (Lipinski definition) is 2. The van der Waals surface area contributed by atoms with Crippen LogP contribution in [0.2, 0.25) is 0 Å². The van der Waals surface area contributed by atoms with Gasteiger partial charge in [-0.2, -0.15) is 5.10 Å². The van der Waals surface area contributed by atoms with E-state index in [0.717, 1.165) is 16.5 Å². The molecule has 0 spiro atoms. The normalized spacial score (nSPS) is 10.8. The van der Waals surface area contributed by atoms with Crippen molar-refractivity contribution in [2.24, 2.45) is 5.73 Å². The molecule has 0 saturated carbocycles. The molecule has 0 unspecified atom stereocenters. The van der Waals surface area contributed by atoms with E-state index in [4.69, 9.17) is 10.5 Å². The molecule has 0 aliphatic heterocycles. The zero-order chi connectivity index (χ0) is 24.2. The number of primary amides is 1. The van der Waals surface area contributed by atoms with Crippen LogP contribution in [0.25, 0.3) is 22.0 Å². The number of hydrogen-bond acceptors (Lipinski definition) is 5. The van der Waals surface area contributed by atoms with E-state index in [1.807, 2.05) is 43.3 Å². The molecule has 0 saturated heterocycles. The van der Waals surface area contributed by atoms with Crippen LogP contribution in [0.3, 0.4) is 0 Å². The zero-order valence-electron chi connectivity index (χ0n) is 18.9. The molecule has 0 fully saturated rings. The first-order chi connectivity index (χ1) is 16.4. The van der Waals surface area contributed by atoms with E-state index >= 15 is 0 Å². The van der Waals surface area contributed by atoms with Crippen molar-refractivity contribution in [2.45, 2.75) is 19.9 Å². The molecule has 3 aromatic carbocycles. The van der Waals surface area contributed by atoms with E-state index in [1.54, 1.807) is 24.3 Å². The lowest BCUT2D eigenvalue weighted by Crippen LogP contribution is -2.26. The molecule has 4 rings (SSSR count). The van der Waals surface area contributed by atoms with Crippen molar-refractivity contribution in [1.29, 1.82) is 0 Å². The highest BCUT2D eigenvalue weighted by atomic mass is 16.5. The summed E-state index contributed by atoms with van der Waals surface area (Å²) in [6, 6.07) is 19.8. The molecule has 8 nitrogen and oxygen atoms in total. The monoisotopic (exact) mass is 456 g/mol. The van der Waals surface area contributed by atoms with Gasteiger partial charge < -0.3 is 15.8 Å². The third-order valence-corrected chi connectivity index (χ3v) is 5.49. The number of aryl methyl sites for hydroxylation is 2. The smallest absolute Gasteiger partial charge is 0.274 e. The van der Waals surface area contributed by atoms with Crippen LogP contribution in [0, 0.1) is 6.92 Å². The fourth-order valence-corrected chi connectivity index (χ4v) is 3.72. The summed E-state index contributed by atoms with van der Waals surface area (Å²) >= 11 is 0. The maximum Gasteiger partial charge on any atom is 0.274 e. The Balaban J connectivity index is 1.59. The lowest BCUT2D eigenvalue weighted by molar-refractivity contribution is -0.116. The van der Waals surface area contributed by atoms with Crippen LogP contribution in [0.4, 0.5) is 5.69 Å². The number of ether oxygens (including phenoxy) is 1. The molecule has 1 heterocycles. The van der Waals surface area contributed by atoms with Crippen LogP contribution >= 0.6 is 0 Å². The molecule has 0 atom stereocenters. The van der Waals surface area contributed by atoms with E-state index in [-0.39, 0.29) is 30.0 Å². The van der Waals surface area contributed by atoms with E-state index in [2.05, 4.69) is 10.4 Å². The van der Waals surface area contributed by atoms with Gasteiger partial charge in [-0.25, -0.2) is 4.68 Å². The third-order valence-electron chi connectivity index (χ3n) is 5.49. The van der Waals surface area contributed by atoms with Crippen molar-refractivity contribution < 1.29 is 14.3 Å².